The summed E-state index contributed by atoms with van der Waals surface area (Å²) in [6, 6.07) is 14.5. The van der Waals surface area contributed by atoms with Crippen molar-refractivity contribution in [2.24, 2.45) is 11.3 Å². The summed E-state index contributed by atoms with van der Waals surface area (Å²) in [5.74, 6) is 1.40. The molecular formula is C28H39N3O2. The Balaban J connectivity index is 1.44. The van der Waals surface area contributed by atoms with E-state index in [1.165, 1.54) is 31.2 Å². The zero-order valence-electron chi connectivity index (χ0n) is 20.4. The second kappa shape index (κ2) is 10.7. The third kappa shape index (κ3) is 6.57. The van der Waals surface area contributed by atoms with Gasteiger partial charge in [-0.3, -0.25) is 14.7 Å². The first-order chi connectivity index (χ1) is 15.9. The second-order valence-corrected chi connectivity index (χ2v) is 10.8. The molecule has 2 aliphatic rings. The largest absolute Gasteiger partial charge is 0.490 e. The standard InChI is InChI=1S/C28H39N3O2/c1-28(2,3)27(32)30-26(25-15-6-7-16-29-25)22-11-9-17-31(20-22)19-21-10-8-14-24(18-21)33-23-12-4-5-13-23/h6-8,10,14-16,18,22-23,26H,4-5,9,11-13,17,19-20H2,1-3H3,(H,30,32)/t22-,26+/m0/s1. The lowest BCUT2D eigenvalue weighted by Gasteiger charge is -2.38. The summed E-state index contributed by atoms with van der Waals surface area (Å²) in [5, 5.41) is 3.33. The van der Waals surface area contributed by atoms with E-state index >= 15 is 0 Å². The molecule has 1 saturated heterocycles. The Morgan fingerprint density at radius 3 is 2.67 bits per heavy atom. The fourth-order valence-electron chi connectivity index (χ4n) is 5.03. The van der Waals surface area contributed by atoms with Crippen LogP contribution in [-0.2, 0) is 11.3 Å². The number of hydrogen-bond donors (Lipinski definition) is 1. The normalized spacial score (nSPS) is 21.0. The van der Waals surface area contributed by atoms with Crippen molar-refractivity contribution < 1.29 is 9.53 Å². The molecule has 2 fully saturated rings. The Bertz CT molecular complexity index is 903. The molecule has 2 atom stereocenters. The van der Waals surface area contributed by atoms with Gasteiger partial charge < -0.3 is 10.1 Å². The summed E-state index contributed by atoms with van der Waals surface area (Å²) >= 11 is 0. The summed E-state index contributed by atoms with van der Waals surface area (Å²) in [5.41, 5.74) is 1.81. The summed E-state index contributed by atoms with van der Waals surface area (Å²) in [6.07, 6.45) is 9.32. The molecule has 0 spiro atoms. The number of amides is 1. The second-order valence-electron chi connectivity index (χ2n) is 10.8. The molecular weight excluding hydrogens is 410 g/mol. The zero-order valence-corrected chi connectivity index (χ0v) is 20.4. The Morgan fingerprint density at radius 1 is 1.12 bits per heavy atom. The summed E-state index contributed by atoms with van der Waals surface area (Å²) in [6.45, 7) is 8.81. The Hall–Kier alpha value is -2.40. The highest BCUT2D eigenvalue weighted by Gasteiger charge is 2.33. The minimum absolute atomic E-state index is 0.0715. The van der Waals surface area contributed by atoms with E-state index in [1.54, 1.807) is 0 Å². The van der Waals surface area contributed by atoms with Crippen molar-refractivity contribution in [1.29, 1.82) is 0 Å². The van der Waals surface area contributed by atoms with Crippen LogP contribution in [-0.4, -0.2) is 35.0 Å². The summed E-state index contributed by atoms with van der Waals surface area (Å²) in [4.78, 5) is 20.0. The SMILES string of the molecule is CC(C)(C)C(=O)N[C@@H](c1ccccn1)[C@H]1CCCN(Cc2cccc(OC3CCCC3)c2)C1. The molecule has 178 valence electrons. The average molecular weight is 450 g/mol. The quantitative estimate of drug-likeness (QED) is 0.605. The van der Waals surface area contributed by atoms with Crippen LogP contribution in [0.4, 0.5) is 0 Å². The van der Waals surface area contributed by atoms with Crippen LogP contribution in [0.25, 0.3) is 0 Å². The van der Waals surface area contributed by atoms with Gasteiger partial charge in [0.1, 0.15) is 5.75 Å². The Labute approximate surface area is 198 Å². The molecule has 1 saturated carbocycles. The van der Waals surface area contributed by atoms with Crippen molar-refractivity contribution in [3.8, 4) is 5.75 Å². The molecule has 1 aliphatic heterocycles. The average Bonchev–Trinajstić information content (AvgIpc) is 3.31. The lowest BCUT2D eigenvalue weighted by molar-refractivity contribution is -0.130. The first-order valence-corrected chi connectivity index (χ1v) is 12.6. The van der Waals surface area contributed by atoms with E-state index in [0.717, 1.165) is 43.9 Å². The molecule has 1 aromatic heterocycles. The van der Waals surface area contributed by atoms with E-state index in [9.17, 15) is 4.79 Å². The molecule has 2 heterocycles. The topological polar surface area (TPSA) is 54.5 Å². The van der Waals surface area contributed by atoms with E-state index < -0.39 is 5.41 Å². The Kier molecular flexibility index (Phi) is 7.69. The maximum absolute atomic E-state index is 12.9. The van der Waals surface area contributed by atoms with Gasteiger partial charge in [0, 0.05) is 24.7 Å². The van der Waals surface area contributed by atoms with Crippen molar-refractivity contribution in [3.05, 3.63) is 59.9 Å². The Morgan fingerprint density at radius 2 is 1.94 bits per heavy atom. The van der Waals surface area contributed by atoms with Gasteiger partial charge in [-0.1, -0.05) is 39.0 Å². The van der Waals surface area contributed by atoms with Gasteiger partial charge in [-0.2, -0.15) is 0 Å². The number of carbonyl (C=O) groups excluding carboxylic acids is 1. The van der Waals surface area contributed by atoms with Gasteiger partial charge in [0.15, 0.2) is 0 Å². The molecule has 1 amide bonds. The lowest BCUT2D eigenvalue weighted by Crippen LogP contribution is -2.45. The predicted octanol–water partition coefficient (Wildman–Crippen LogP) is 5.52. The van der Waals surface area contributed by atoms with Crippen LogP contribution < -0.4 is 10.1 Å². The van der Waals surface area contributed by atoms with Crippen molar-refractivity contribution in [2.75, 3.05) is 13.1 Å². The van der Waals surface area contributed by atoms with Crippen molar-refractivity contribution >= 4 is 5.91 Å². The van der Waals surface area contributed by atoms with Crippen molar-refractivity contribution in [2.45, 2.75) is 78.0 Å². The zero-order chi connectivity index (χ0) is 23.3. The fraction of sp³-hybridized carbons (Fsp3) is 0.571. The van der Waals surface area contributed by atoms with Gasteiger partial charge in [0.25, 0.3) is 0 Å². The van der Waals surface area contributed by atoms with E-state index in [1.807, 2.05) is 45.2 Å². The van der Waals surface area contributed by atoms with Crippen LogP contribution in [0.3, 0.4) is 0 Å². The van der Waals surface area contributed by atoms with Gasteiger partial charge in [-0.25, -0.2) is 0 Å². The van der Waals surface area contributed by atoms with Crippen LogP contribution >= 0.6 is 0 Å². The molecule has 5 nitrogen and oxygen atoms in total. The summed E-state index contributed by atoms with van der Waals surface area (Å²) in [7, 11) is 0. The maximum Gasteiger partial charge on any atom is 0.225 e. The highest BCUT2D eigenvalue weighted by molar-refractivity contribution is 5.81. The number of ether oxygens (including phenoxy) is 1. The van der Waals surface area contributed by atoms with Gasteiger partial charge in [0.05, 0.1) is 17.8 Å². The number of carbonyl (C=O) groups is 1. The van der Waals surface area contributed by atoms with E-state index in [4.69, 9.17) is 4.74 Å². The van der Waals surface area contributed by atoms with Gasteiger partial charge >= 0.3 is 0 Å². The number of hydrogen-bond acceptors (Lipinski definition) is 4. The van der Waals surface area contributed by atoms with Gasteiger partial charge in [-0.05, 0) is 80.8 Å². The molecule has 0 bridgehead atoms. The van der Waals surface area contributed by atoms with Crippen molar-refractivity contribution in [1.82, 2.24) is 15.2 Å². The number of benzene rings is 1. The molecule has 2 aromatic rings. The van der Waals surface area contributed by atoms with E-state index in [0.29, 0.717) is 12.0 Å². The lowest BCUT2D eigenvalue weighted by atomic mass is 9.86. The molecule has 1 aromatic carbocycles. The molecule has 1 N–H and O–H groups in total. The molecule has 0 radical (unpaired) electrons. The van der Waals surface area contributed by atoms with Crippen LogP contribution in [0.5, 0.6) is 5.75 Å². The molecule has 33 heavy (non-hydrogen) atoms. The number of aromatic nitrogens is 1. The molecule has 1 aliphatic carbocycles. The van der Waals surface area contributed by atoms with Crippen LogP contribution in [0, 0.1) is 11.3 Å². The number of nitrogens with zero attached hydrogens (tertiary/aromatic N) is 2. The first-order valence-electron chi connectivity index (χ1n) is 12.6. The van der Waals surface area contributed by atoms with Gasteiger partial charge in [0.2, 0.25) is 5.91 Å². The summed E-state index contributed by atoms with van der Waals surface area (Å²) < 4.78 is 6.22. The van der Waals surface area contributed by atoms with Crippen LogP contribution in [0.2, 0.25) is 0 Å². The minimum Gasteiger partial charge on any atom is -0.490 e. The number of nitrogens with one attached hydrogen (secondary N) is 1. The van der Waals surface area contributed by atoms with Crippen LogP contribution in [0.15, 0.2) is 48.7 Å². The predicted molar refractivity (Wildman–Crippen MR) is 132 cm³/mol. The van der Waals surface area contributed by atoms with E-state index in [-0.39, 0.29) is 11.9 Å². The van der Waals surface area contributed by atoms with Gasteiger partial charge in [-0.15, -0.1) is 0 Å². The number of likely N-dealkylation sites (tertiary alicyclic amines) is 1. The number of piperidine rings is 1. The molecule has 5 heteroatoms. The third-order valence-corrected chi connectivity index (χ3v) is 6.90. The maximum atomic E-state index is 12.9. The minimum atomic E-state index is -0.429. The van der Waals surface area contributed by atoms with Crippen molar-refractivity contribution in [3.63, 3.8) is 0 Å². The molecule has 0 unspecified atom stereocenters. The molecule has 4 rings (SSSR count). The number of pyridine rings is 1. The van der Waals surface area contributed by atoms with Crippen LogP contribution in [0.1, 0.15) is 76.6 Å². The fourth-order valence-corrected chi connectivity index (χ4v) is 5.03. The first kappa shape index (κ1) is 23.7. The number of rotatable bonds is 7. The third-order valence-electron chi connectivity index (χ3n) is 6.90. The highest BCUT2D eigenvalue weighted by Crippen LogP contribution is 2.31. The van der Waals surface area contributed by atoms with E-state index in [2.05, 4.69) is 39.5 Å². The monoisotopic (exact) mass is 449 g/mol. The highest BCUT2D eigenvalue weighted by atomic mass is 16.5. The smallest absolute Gasteiger partial charge is 0.225 e.